The molecule has 4 nitrogen and oxygen atoms in total. The Kier molecular flexibility index (Phi) is 3.65. The van der Waals surface area contributed by atoms with Crippen LogP contribution < -0.4 is 0 Å². The molecule has 4 heterocycles. The SMILES string of the molecule is c1cnc2c(c1)cc([C@H]1CCCO1)n2CCN1CCCC1. The maximum Gasteiger partial charge on any atom is 0.140 e. The van der Waals surface area contributed by atoms with E-state index in [1.54, 1.807) is 0 Å². The summed E-state index contributed by atoms with van der Waals surface area (Å²) in [6.45, 7) is 5.55. The zero-order chi connectivity index (χ0) is 14.1. The summed E-state index contributed by atoms with van der Waals surface area (Å²) in [6.07, 6.45) is 7.17. The third-order valence-corrected chi connectivity index (χ3v) is 4.79. The molecule has 2 aliphatic rings. The molecule has 0 bridgehead atoms. The molecular weight excluding hydrogens is 262 g/mol. The fourth-order valence-electron chi connectivity index (χ4n) is 3.67. The van der Waals surface area contributed by atoms with E-state index in [9.17, 15) is 0 Å². The molecule has 2 aromatic rings. The fourth-order valence-corrected chi connectivity index (χ4v) is 3.67. The summed E-state index contributed by atoms with van der Waals surface area (Å²) in [4.78, 5) is 7.17. The first-order valence-corrected chi connectivity index (χ1v) is 8.20. The van der Waals surface area contributed by atoms with Gasteiger partial charge in [-0.2, -0.15) is 0 Å². The van der Waals surface area contributed by atoms with Gasteiger partial charge in [-0.05, 0) is 57.0 Å². The second kappa shape index (κ2) is 5.78. The highest BCUT2D eigenvalue weighted by molar-refractivity contribution is 5.77. The van der Waals surface area contributed by atoms with Crippen molar-refractivity contribution in [1.82, 2.24) is 14.5 Å². The molecule has 0 unspecified atom stereocenters. The molecule has 21 heavy (non-hydrogen) atoms. The van der Waals surface area contributed by atoms with E-state index in [2.05, 4.69) is 26.6 Å². The number of fused-ring (bicyclic) bond motifs is 1. The molecule has 0 N–H and O–H groups in total. The van der Waals surface area contributed by atoms with Crippen LogP contribution in [0.2, 0.25) is 0 Å². The third kappa shape index (κ3) is 2.58. The monoisotopic (exact) mass is 285 g/mol. The van der Waals surface area contributed by atoms with Crippen LogP contribution in [0.4, 0.5) is 0 Å². The zero-order valence-electron chi connectivity index (χ0n) is 12.5. The average Bonchev–Trinajstić information content (AvgIpc) is 3.25. The summed E-state index contributed by atoms with van der Waals surface area (Å²) in [5.41, 5.74) is 2.43. The van der Waals surface area contributed by atoms with E-state index >= 15 is 0 Å². The van der Waals surface area contributed by atoms with E-state index in [-0.39, 0.29) is 6.10 Å². The van der Waals surface area contributed by atoms with E-state index in [0.717, 1.165) is 31.8 Å². The largest absolute Gasteiger partial charge is 0.372 e. The molecule has 0 saturated carbocycles. The van der Waals surface area contributed by atoms with Gasteiger partial charge in [0.1, 0.15) is 5.65 Å². The average molecular weight is 285 g/mol. The number of hydrogen-bond acceptors (Lipinski definition) is 3. The van der Waals surface area contributed by atoms with Gasteiger partial charge in [0.25, 0.3) is 0 Å². The Bertz CT molecular complexity index is 610. The van der Waals surface area contributed by atoms with Crippen molar-refractivity contribution in [3.05, 3.63) is 30.1 Å². The molecule has 2 fully saturated rings. The quantitative estimate of drug-likeness (QED) is 0.865. The molecule has 4 rings (SSSR count). The van der Waals surface area contributed by atoms with Gasteiger partial charge in [0, 0.05) is 37.0 Å². The Morgan fingerprint density at radius 2 is 2.10 bits per heavy atom. The van der Waals surface area contributed by atoms with Gasteiger partial charge < -0.3 is 14.2 Å². The van der Waals surface area contributed by atoms with Crippen LogP contribution in [-0.2, 0) is 11.3 Å². The van der Waals surface area contributed by atoms with E-state index < -0.39 is 0 Å². The predicted octanol–water partition coefficient (Wildman–Crippen LogP) is 2.98. The Balaban J connectivity index is 1.64. The first-order valence-electron chi connectivity index (χ1n) is 8.20. The standard InChI is InChI=1S/C17H23N3O/c1-2-9-19(8-1)10-11-20-15(16-6-4-12-21-16)13-14-5-3-7-18-17(14)20/h3,5,7,13,16H,1-2,4,6,8-12H2/t16-/m1/s1. The van der Waals surface area contributed by atoms with Crippen molar-refractivity contribution in [1.29, 1.82) is 0 Å². The van der Waals surface area contributed by atoms with Gasteiger partial charge in [-0.15, -0.1) is 0 Å². The fraction of sp³-hybridized carbons (Fsp3) is 0.588. The second-order valence-electron chi connectivity index (χ2n) is 6.19. The van der Waals surface area contributed by atoms with Crippen molar-refractivity contribution in [3.63, 3.8) is 0 Å². The first-order chi connectivity index (χ1) is 10.4. The second-order valence-corrected chi connectivity index (χ2v) is 6.19. The Hall–Kier alpha value is -1.39. The summed E-state index contributed by atoms with van der Waals surface area (Å²) < 4.78 is 8.31. The molecule has 4 heteroatoms. The van der Waals surface area contributed by atoms with Crippen LogP contribution in [0, 0.1) is 0 Å². The highest BCUT2D eigenvalue weighted by Gasteiger charge is 2.23. The molecule has 0 amide bonds. The van der Waals surface area contributed by atoms with Gasteiger partial charge in [0.15, 0.2) is 0 Å². The van der Waals surface area contributed by atoms with Crippen LogP contribution in [0.3, 0.4) is 0 Å². The smallest absolute Gasteiger partial charge is 0.140 e. The lowest BCUT2D eigenvalue weighted by Gasteiger charge is -2.19. The lowest BCUT2D eigenvalue weighted by molar-refractivity contribution is 0.105. The molecule has 2 aliphatic heterocycles. The third-order valence-electron chi connectivity index (χ3n) is 4.79. The Morgan fingerprint density at radius 1 is 1.19 bits per heavy atom. The molecule has 112 valence electrons. The van der Waals surface area contributed by atoms with Crippen molar-refractivity contribution < 1.29 is 4.74 Å². The highest BCUT2D eigenvalue weighted by Crippen LogP contribution is 2.32. The van der Waals surface area contributed by atoms with Crippen LogP contribution in [0.25, 0.3) is 11.0 Å². The van der Waals surface area contributed by atoms with Gasteiger partial charge in [-0.3, -0.25) is 0 Å². The van der Waals surface area contributed by atoms with Crippen LogP contribution in [-0.4, -0.2) is 40.7 Å². The Labute approximate surface area is 125 Å². The minimum absolute atomic E-state index is 0.262. The number of hydrogen-bond donors (Lipinski definition) is 0. The summed E-state index contributed by atoms with van der Waals surface area (Å²) in [7, 11) is 0. The van der Waals surface area contributed by atoms with Crippen molar-refractivity contribution >= 4 is 11.0 Å². The van der Waals surface area contributed by atoms with Crippen LogP contribution >= 0.6 is 0 Å². The number of pyridine rings is 1. The summed E-state index contributed by atoms with van der Waals surface area (Å²) in [5.74, 6) is 0. The molecular formula is C17H23N3O. The van der Waals surface area contributed by atoms with Gasteiger partial charge >= 0.3 is 0 Å². The van der Waals surface area contributed by atoms with Crippen molar-refractivity contribution in [2.45, 2.75) is 38.3 Å². The minimum Gasteiger partial charge on any atom is -0.372 e. The Morgan fingerprint density at radius 3 is 2.90 bits per heavy atom. The molecule has 2 saturated heterocycles. The number of likely N-dealkylation sites (tertiary alicyclic amines) is 1. The summed E-state index contributed by atoms with van der Waals surface area (Å²) in [5, 5.41) is 1.24. The van der Waals surface area contributed by atoms with Gasteiger partial charge in [-0.1, -0.05) is 0 Å². The van der Waals surface area contributed by atoms with Crippen molar-refractivity contribution in [2.24, 2.45) is 0 Å². The minimum atomic E-state index is 0.262. The maximum atomic E-state index is 5.92. The number of aromatic nitrogens is 2. The number of ether oxygens (including phenoxy) is 1. The van der Waals surface area contributed by atoms with Crippen molar-refractivity contribution in [3.8, 4) is 0 Å². The van der Waals surface area contributed by atoms with Gasteiger partial charge in [0.2, 0.25) is 0 Å². The molecule has 0 aliphatic carbocycles. The predicted molar refractivity (Wildman–Crippen MR) is 83.3 cm³/mol. The van der Waals surface area contributed by atoms with Crippen LogP contribution in [0.5, 0.6) is 0 Å². The maximum absolute atomic E-state index is 5.92. The van der Waals surface area contributed by atoms with Gasteiger partial charge in [-0.25, -0.2) is 4.98 Å². The molecule has 0 aromatic carbocycles. The zero-order valence-corrected chi connectivity index (χ0v) is 12.5. The molecule has 0 radical (unpaired) electrons. The molecule has 2 aromatic heterocycles. The first kappa shape index (κ1) is 13.3. The van der Waals surface area contributed by atoms with Gasteiger partial charge in [0.05, 0.1) is 6.10 Å². The lowest BCUT2D eigenvalue weighted by Crippen LogP contribution is -2.25. The van der Waals surface area contributed by atoms with Crippen molar-refractivity contribution in [2.75, 3.05) is 26.2 Å². The molecule has 0 spiro atoms. The normalized spacial score (nSPS) is 23.3. The van der Waals surface area contributed by atoms with Crippen LogP contribution in [0.15, 0.2) is 24.4 Å². The van der Waals surface area contributed by atoms with E-state index in [1.165, 1.54) is 43.4 Å². The van der Waals surface area contributed by atoms with Crippen LogP contribution in [0.1, 0.15) is 37.5 Å². The topological polar surface area (TPSA) is 30.3 Å². The van der Waals surface area contributed by atoms with E-state index in [4.69, 9.17) is 4.74 Å². The van der Waals surface area contributed by atoms with E-state index in [0.29, 0.717) is 0 Å². The summed E-state index contributed by atoms with van der Waals surface area (Å²) >= 11 is 0. The highest BCUT2D eigenvalue weighted by atomic mass is 16.5. The lowest BCUT2D eigenvalue weighted by atomic mass is 10.2. The number of rotatable bonds is 4. The number of nitrogens with zero attached hydrogens (tertiary/aromatic N) is 3. The molecule has 1 atom stereocenters. The summed E-state index contributed by atoms with van der Waals surface area (Å²) in [6, 6.07) is 6.46. The van der Waals surface area contributed by atoms with E-state index in [1.807, 2.05) is 12.3 Å².